The van der Waals surface area contributed by atoms with Crippen molar-refractivity contribution in [1.29, 1.82) is 0 Å². The van der Waals surface area contributed by atoms with Gasteiger partial charge >= 0.3 is 35.9 Å². The Labute approximate surface area is 111 Å². The molecule has 0 saturated carbocycles. The first kappa shape index (κ1) is 19.2. The molecule has 0 heterocycles. The number of hydrogen-bond donors (Lipinski definition) is 0. The second kappa shape index (κ2) is 15.0. The van der Waals surface area contributed by atoms with Gasteiger partial charge in [-0.1, -0.05) is 43.7 Å². The van der Waals surface area contributed by atoms with Crippen LogP contribution in [0, 0.1) is 6.92 Å². The predicted molar refractivity (Wildman–Crippen MR) is 53.5 cm³/mol. The summed E-state index contributed by atoms with van der Waals surface area (Å²) in [5.74, 6) is 0. The normalized spacial score (nSPS) is 6.92. The molecule has 0 aliphatic carbocycles. The SMILES string of the molecule is [CH2-]CCC.[Cu+2].[H-].[Li+].[S-]c1ccccc1. The van der Waals surface area contributed by atoms with Crippen LogP contribution in [0.15, 0.2) is 35.2 Å². The molecule has 0 saturated heterocycles. The van der Waals surface area contributed by atoms with Gasteiger partial charge in [0.05, 0.1) is 0 Å². The van der Waals surface area contributed by atoms with Gasteiger partial charge in [-0.25, -0.2) is 0 Å². The number of hydrogen-bond acceptors (Lipinski definition) is 1. The average Bonchev–Trinajstić information content (AvgIpc) is 2.07. The third-order valence-electron chi connectivity index (χ3n) is 1.10. The van der Waals surface area contributed by atoms with Crippen LogP contribution in [0.4, 0.5) is 0 Å². The molecular formula is C10H15CuLiS. The van der Waals surface area contributed by atoms with Crippen molar-refractivity contribution in [3.63, 3.8) is 0 Å². The smallest absolute Gasteiger partial charge is 1.00 e. The maximum absolute atomic E-state index is 4.81. The summed E-state index contributed by atoms with van der Waals surface area (Å²) in [7, 11) is 0. The van der Waals surface area contributed by atoms with Crippen LogP contribution in [0.2, 0.25) is 0 Å². The third kappa shape index (κ3) is 15.3. The molecule has 1 aromatic carbocycles. The summed E-state index contributed by atoms with van der Waals surface area (Å²) in [6.45, 7) is 5.72. The van der Waals surface area contributed by atoms with E-state index in [1.165, 1.54) is 6.42 Å². The largest absolute Gasteiger partial charge is 2.00 e. The van der Waals surface area contributed by atoms with Crippen LogP contribution in [0.3, 0.4) is 0 Å². The third-order valence-corrected chi connectivity index (χ3v) is 1.37. The van der Waals surface area contributed by atoms with Gasteiger partial charge < -0.3 is 21.0 Å². The van der Waals surface area contributed by atoms with Crippen LogP contribution < -0.4 is 18.9 Å². The van der Waals surface area contributed by atoms with E-state index in [4.69, 9.17) is 12.6 Å². The van der Waals surface area contributed by atoms with Crippen molar-refractivity contribution >= 4 is 12.6 Å². The number of benzene rings is 1. The van der Waals surface area contributed by atoms with Crippen molar-refractivity contribution in [2.24, 2.45) is 0 Å². The summed E-state index contributed by atoms with van der Waals surface area (Å²) >= 11 is 4.81. The molecule has 0 aliphatic heterocycles. The molecule has 0 unspecified atom stereocenters. The van der Waals surface area contributed by atoms with Gasteiger partial charge in [0.25, 0.3) is 0 Å². The maximum atomic E-state index is 4.81. The summed E-state index contributed by atoms with van der Waals surface area (Å²) in [6.07, 6.45) is 2.28. The minimum Gasteiger partial charge on any atom is -1.00 e. The maximum Gasteiger partial charge on any atom is 2.00 e. The fourth-order valence-corrected chi connectivity index (χ4v) is 0.578. The number of unbranched alkanes of at least 4 members (excludes halogenated alkanes) is 1. The topological polar surface area (TPSA) is 0 Å². The molecule has 0 N–H and O–H groups in total. The van der Waals surface area contributed by atoms with Crippen molar-refractivity contribution in [2.75, 3.05) is 0 Å². The molecule has 0 spiro atoms. The Bertz CT molecular complexity index is 171. The zero-order valence-corrected chi connectivity index (χ0v) is 9.98. The Kier molecular flexibility index (Phi) is 22.2. The quantitative estimate of drug-likeness (QED) is 0.385. The number of rotatable bonds is 1. The van der Waals surface area contributed by atoms with Gasteiger partial charge in [-0.3, -0.25) is 0 Å². The second-order valence-electron chi connectivity index (χ2n) is 2.17. The van der Waals surface area contributed by atoms with E-state index in [1.54, 1.807) is 0 Å². The predicted octanol–water partition coefficient (Wildman–Crippen LogP) is 0.327. The van der Waals surface area contributed by atoms with Crippen molar-refractivity contribution in [1.82, 2.24) is 0 Å². The molecule has 0 fully saturated rings. The summed E-state index contributed by atoms with van der Waals surface area (Å²) in [6, 6.07) is 9.62. The van der Waals surface area contributed by atoms with E-state index in [1.807, 2.05) is 30.3 Å². The van der Waals surface area contributed by atoms with Crippen LogP contribution >= 0.6 is 0 Å². The van der Waals surface area contributed by atoms with Gasteiger partial charge in [-0.15, -0.1) is 0 Å². The van der Waals surface area contributed by atoms with Crippen LogP contribution in [-0.4, -0.2) is 0 Å². The molecule has 73 valence electrons. The van der Waals surface area contributed by atoms with E-state index in [0.717, 1.165) is 11.3 Å². The molecule has 13 heavy (non-hydrogen) atoms. The van der Waals surface area contributed by atoms with E-state index in [-0.39, 0.29) is 37.4 Å². The fraction of sp³-hybridized carbons (Fsp3) is 0.300. The van der Waals surface area contributed by atoms with E-state index in [0.29, 0.717) is 0 Å². The first-order chi connectivity index (χ1) is 5.31. The molecule has 1 radical (unpaired) electrons. The molecule has 0 aromatic heterocycles. The Morgan fingerprint density at radius 2 is 1.69 bits per heavy atom. The zero-order chi connectivity index (χ0) is 8.53. The molecule has 1 aromatic rings. The minimum atomic E-state index is 0. The summed E-state index contributed by atoms with van der Waals surface area (Å²) in [5.41, 5.74) is 0. The van der Waals surface area contributed by atoms with Gasteiger partial charge in [0.2, 0.25) is 0 Å². The van der Waals surface area contributed by atoms with Gasteiger partial charge in [0.1, 0.15) is 0 Å². The minimum absolute atomic E-state index is 0. The van der Waals surface area contributed by atoms with Crippen LogP contribution in [0.5, 0.6) is 0 Å². The molecule has 0 nitrogen and oxygen atoms in total. The van der Waals surface area contributed by atoms with E-state index < -0.39 is 0 Å². The Morgan fingerprint density at radius 3 is 1.85 bits per heavy atom. The Morgan fingerprint density at radius 1 is 1.31 bits per heavy atom. The summed E-state index contributed by atoms with van der Waals surface area (Å²) < 4.78 is 0. The van der Waals surface area contributed by atoms with E-state index in [2.05, 4.69) is 13.8 Å². The zero-order valence-electron chi connectivity index (χ0n) is 9.22. The van der Waals surface area contributed by atoms with E-state index >= 15 is 0 Å². The first-order valence-corrected chi connectivity index (χ1v) is 4.23. The van der Waals surface area contributed by atoms with E-state index in [9.17, 15) is 0 Å². The van der Waals surface area contributed by atoms with Crippen LogP contribution in [-0.2, 0) is 29.7 Å². The molecule has 0 aliphatic rings. The first-order valence-electron chi connectivity index (χ1n) is 3.82. The van der Waals surface area contributed by atoms with Crippen molar-refractivity contribution < 1.29 is 37.4 Å². The van der Waals surface area contributed by atoms with Gasteiger partial charge in [0.15, 0.2) is 0 Å². The average molecular weight is 238 g/mol. The Hall–Kier alpha value is 0.557. The van der Waals surface area contributed by atoms with Gasteiger partial charge in [-0.2, -0.15) is 11.3 Å². The van der Waals surface area contributed by atoms with Crippen molar-refractivity contribution in [3.8, 4) is 0 Å². The van der Waals surface area contributed by atoms with Crippen LogP contribution in [0.1, 0.15) is 21.2 Å². The van der Waals surface area contributed by atoms with Crippen molar-refractivity contribution in [2.45, 2.75) is 24.7 Å². The monoisotopic (exact) mass is 237 g/mol. The molecule has 3 heteroatoms. The summed E-state index contributed by atoms with van der Waals surface area (Å²) in [4.78, 5) is 0.905. The fourth-order valence-electron chi connectivity index (χ4n) is 0.420. The molecule has 0 amide bonds. The van der Waals surface area contributed by atoms with Crippen molar-refractivity contribution in [3.05, 3.63) is 37.3 Å². The van der Waals surface area contributed by atoms with Gasteiger partial charge in [-0.05, 0) is 0 Å². The Balaban J connectivity index is -0.0000000650. The molecule has 0 atom stereocenters. The van der Waals surface area contributed by atoms with Gasteiger partial charge in [0, 0.05) is 0 Å². The second-order valence-corrected chi connectivity index (χ2v) is 2.64. The molecule has 1 rings (SSSR count). The molecule has 0 bridgehead atoms. The van der Waals surface area contributed by atoms with Crippen LogP contribution in [0.25, 0.3) is 0 Å². The standard InChI is InChI=1S/C6H6S.C4H9.Cu.Li.H/c7-6-4-2-1-3-5-6;1-3-4-2;;;/h1-5,7H;1,3-4H2,2H3;;;/q;-1;+2;+1;-1/p-1. The molecular weight excluding hydrogens is 223 g/mol. The summed E-state index contributed by atoms with van der Waals surface area (Å²) in [5, 5.41) is 0.